The summed E-state index contributed by atoms with van der Waals surface area (Å²) in [5, 5.41) is 20.1. The van der Waals surface area contributed by atoms with Gasteiger partial charge in [0.2, 0.25) is 0 Å². The number of likely N-dealkylation sites (tertiary alicyclic amines) is 1. The molecule has 1 aliphatic heterocycles. The average Bonchev–Trinajstić information content (AvgIpc) is 3.29. The van der Waals surface area contributed by atoms with Gasteiger partial charge >= 0.3 is 5.97 Å². The predicted octanol–water partition coefficient (Wildman–Crippen LogP) is 5.64. The minimum absolute atomic E-state index is 0.215. The second kappa shape index (κ2) is 11.8. The first-order valence-electron chi connectivity index (χ1n) is 12.5. The average molecular weight is 492 g/mol. The fourth-order valence-corrected chi connectivity index (χ4v) is 5.11. The van der Waals surface area contributed by atoms with Gasteiger partial charge in [-0.05, 0) is 85.7 Å². The van der Waals surface area contributed by atoms with Gasteiger partial charge in [-0.1, -0.05) is 48.5 Å². The maximum Gasteiger partial charge on any atom is 0.335 e. The molecule has 0 amide bonds. The van der Waals surface area contributed by atoms with E-state index in [1.165, 1.54) is 12.1 Å². The molecule has 3 aromatic carbocycles. The van der Waals surface area contributed by atoms with Crippen molar-refractivity contribution in [1.29, 1.82) is 0 Å². The fourth-order valence-electron chi connectivity index (χ4n) is 5.11. The van der Waals surface area contributed by atoms with Crippen LogP contribution in [0.2, 0.25) is 0 Å². The fraction of sp³-hybridized carbons (Fsp3) is 0.367. The Balaban J connectivity index is 1.36. The summed E-state index contributed by atoms with van der Waals surface area (Å²) < 4.78 is 19.3. The molecule has 3 atom stereocenters. The van der Waals surface area contributed by atoms with E-state index in [1.807, 2.05) is 55.5 Å². The summed E-state index contributed by atoms with van der Waals surface area (Å²) >= 11 is 0. The van der Waals surface area contributed by atoms with E-state index in [9.17, 15) is 19.4 Å². The van der Waals surface area contributed by atoms with Crippen LogP contribution >= 0.6 is 0 Å². The van der Waals surface area contributed by atoms with Gasteiger partial charge in [0.15, 0.2) is 0 Å². The summed E-state index contributed by atoms with van der Waals surface area (Å²) in [7, 11) is 0. The van der Waals surface area contributed by atoms with Gasteiger partial charge in [0.25, 0.3) is 0 Å². The Kier molecular flexibility index (Phi) is 8.52. The second-order valence-electron chi connectivity index (χ2n) is 9.67. The number of benzene rings is 3. The van der Waals surface area contributed by atoms with E-state index in [0.717, 1.165) is 48.1 Å². The highest BCUT2D eigenvalue weighted by atomic mass is 19.1. The van der Waals surface area contributed by atoms with Crippen LogP contribution < -0.4 is 0 Å². The lowest BCUT2D eigenvalue weighted by atomic mass is 9.94. The van der Waals surface area contributed by atoms with E-state index in [1.54, 1.807) is 13.0 Å². The molecule has 0 unspecified atom stereocenters. The van der Waals surface area contributed by atoms with Crippen molar-refractivity contribution in [2.24, 2.45) is 0 Å². The molecule has 3 aromatic rings. The quantitative estimate of drug-likeness (QED) is 0.384. The molecule has 0 aromatic heterocycles. The highest BCUT2D eigenvalue weighted by Crippen LogP contribution is 2.31. The zero-order valence-corrected chi connectivity index (χ0v) is 20.9. The van der Waals surface area contributed by atoms with Gasteiger partial charge in [-0.3, -0.25) is 4.90 Å². The van der Waals surface area contributed by atoms with Crippen molar-refractivity contribution in [3.8, 4) is 11.1 Å². The molecule has 1 saturated heterocycles. The summed E-state index contributed by atoms with van der Waals surface area (Å²) in [5.41, 5.74) is 5.02. The van der Waals surface area contributed by atoms with Crippen LogP contribution in [0.5, 0.6) is 0 Å². The molecule has 0 bridgehead atoms. The van der Waals surface area contributed by atoms with Gasteiger partial charge in [-0.2, -0.15) is 0 Å². The maximum atomic E-state index is 13.2. The highest BCUT2D eigenvalue weighted by molar-refractivity contribution is 5.90. The zero-order valence-electron chi connectivity index (χ0n) is 20.9. The minimum atomic E-state index is -0.934. The van der Waals surface area contributed by atoms with Crippen molar-refractivity contribution in [2.75, 3.05) is 19.7 Å². The molecule has 4 rings (SSSR count). The Morgan fingerprint density at radius 2 is 1.89 bits per heavy atom. The Morgan fingerprint density at radius 1 is 1.14 bits per heavy atom. The van der Waals surface area contributed by atoms with Crippen LogP contribution in [0.25, 0.3) is 11.1 Å². The van der Waals surface area contributed by atoms with Gasteiger partial charge in [0.05, 0.1) is 24.4 Å². The maximum absolute atomic E-state index is 13.2. The van der Waals surface area contributed by atoms with E-state index in [2.05, 4.69) is 4.90 Å². The third-order valence-corrected chi connectivity index (χ3v) is 7.03. The highest BCUT2D eigenvalue weighted by Gasteiger charge is 2.27. The Morgan fingerprint density at radius 3 is 2.61 bits per heavy atom. The third kappa shape index (κ3) is 6.38. The van der Waals surface area contributed by atoms with Crippen LogP contribution in [0, 0.1) is 12.7 Å². The van der Waals surface area contributed by atoms with Gasteiger partial charge < -0.3 is 14.9 Å². The number of carboxylic acid groups (broad SMARTS) is 1. The number of nitrogens with zero attached hydrogens (tertiary/aromatic N) is 1. The summed E-state index contributed by atoms with van der Waals surface area (Å²) in [6.45, 7) is 5.46. The van der Waals surface area contributed by atoms with Crippen LogP contribution in [-0.4, -0.2) is 52.9 Å². The molecule has 0 aliphatic carbocycles. The number of rotatable bonds is 10. The molecule has 190 valence electrons. The number of hydrogen-bond acceptors (Lipinski definition) is 4. The molecule has 1 aliphatic rings. The normalized spacial score (nSPS) is 17.7. The third-order valence-electron chi connectivity index (χ3n) is 7.03. The molecule has 2 N–H and O–H groups in total. The summed E-state index contributed by atoms with van der Waals surface area (Å²) in [6.07, 6.45) is 2.13. The zero-order chi connectivity index (χ0) is 25.7. The first-order valence-corrected chi connectivity index (χ1v) is 12.5. The SMILES string of the molecule is Cc1cc(-c2ccccc2[C@@H](C)OC[C@H](O)CN2CCC[C@H]2Cc2ccc(F)cc2)ccc1C(=O)O. The van der Waals surface area contributed by atoms with Crippen molar-refractivity contribution >= 4 is 5.97 Å². The molecule has 1 fully saturated rings. The summed E-state index contributed by atoms with van der Waals surface area (Å²) in [4.78, 5) is 13.7. The predicted molar refractivity (Wildman–Crippen MR) is 139 cm³/mol. The first-order chi connectivity index (χ1) is 17.3. The standard InChI is InChI=1S/C30H34FNO4/c1-20-16-23(11-14-27(20)30(34)35)29-8-4-3-7-28(29)21(2)36-19-26(33)18-32-15-5-6-25(32)17-22-9-12-24(31)13-10-22/h3-4,7-14,16,21,25-26,33H,5-6,15,17-19H2,1-2H3,(H,34,35)/t21-,25+,26-/m1/s1. The molecular weight excluding hydrogens is 457 g/mol. The van der Waals surface area contributed by atoms with Crippen LogP contribution in [0.15, 0.2) is 66.7 Å². The Labute approximate surface area is 212 Å². The van der Waals surface area contributed by atoms with Gasteiger partial charge in [-0.25, -0.2) is 9.18 Å². The molecule has 6 heteroatoms. The molecule has 0 saturated carbocycles. The summed E-state index contributed by atoms with van der Waals surface area (Å²) in [5.74, 6) is -1.16. The number of aromatic carboxylic acids is 1. The lowest BCUT2D eigenvalue weighted by Crippen LogP contribution is -2.39. The van der Waals surface area contributed by atoms with Gasteiger partial charge in [-0.15, -0.1) is 0 Å². The van der Waals surface area contributed by atoms with E-state index in [4.69, 9.17) is 4.74 Å². The van der Waals surface area contributed by atoms with E-state index in [-0.39, 0.29) is 18.5 Å². The molecular formula is C30H34FNO4. The topological polar surface area (TPSA) is 70.0 Å². The number of halogens is 1. The van der Waals surface area contributed by atoms with Crippen molar-refractivity contribution in [2.45, 2.75) is 51.4 Å². The van der Waals surface area contributed by atoms with Gasteiger partial charge in [0, 0.05) is 12.6 Å². The van der Waals surface area contributed by atoms with Crippen LogP contribution in [0.1, 0.15) is 52.9 Å². The van der Waals surface area contributed by atoms with Crippen molar-refractivity contribution < 1.29 is 24.1 Å². The number of β-amino-alcohol motifs (C(OH)–C–C–N with tert-alkyl or cyclic N) is 1. The molecule has 1 heterocycles. The van der Waals surface area contributed by atoms with Crippen LogP contribution in [-0.2, 0) is 11.2 Å². The Bertz CT molecular complexity index is 1180. The molecule has 36 heavy (non-hydrogen) atoms. The van der Waals surface area contributed by atoms with Crippen molar-refractivity contribution in [1.82, 2.24) is 4.90 Å². The first kappa shape index (κ1) is 26.0. The minimum Gasteiger partial charge on any atom is -0.478 e. The van der Waals surface area contributed by atoms with Crippen LogP contribution in [0.3, 0.4) is 0 Å². The smallest absolute Gasteiger partial charge is 0.335 e. The van der Waals surface area contributed by atoms with Crippen molar-refractivity contribution in [3.63, 3.8) is 0 Å². The summed E-state index contributed by atoms with van der Waals surface area (Å²) in [6, 6.07) is 20.3. The molecule has 0 spiro atoms. The number of hydrogen-bond donors (Lipinski definition) is 2. The molecule has 0 radical (unpaired) electrons. The lowest BCUT2D eigenvalue weighted by molar-refractivity contribution is -0.0169. The van der Waals surface area contributed by atoms with Gasteiger partial charge in [0.1, 0.15) is 5.82 Å². The largest absolute Gasteiger partial charge is 0.478 e. The second-order valence-corrected chi connectivity index (χ2v) is 9.67. The lowest BCUT2D eigenvalue weighted by Gasteiger charge is -2.27. The Hall–Kier alpha value is -3.06. The monoisotopic (exact) mass is 491 g/mol. The van der Waals surface area contributed by atoms with E-state index in [0.29, 0.717) is 23.7 Å². The number of carboxylic acids is 1. The molecule has 5 nitrogen and oxygen atoms in total. The number of aryl methyl sites for hydroxylation is 1. The van der Waals surface area contributed by atoms with Crippen molar-refractivity contribution in [3.05, 3.63) is 94.8 Å². The number of aliphatic hydroxyl groups excluding tert-OH is 1. The van der Waals surface area contributed by atoms with E-state index >= 15 is 0 Å². The number of ether oxygens (including phenoxy) is 1. The number of aliphatic hydroxyl groups is 1. The van der Waals surface area contributed by atoms with E-state index < -0.39 is 12.1 Å². The number of carbonyl (C=O) groups is 1. The van der Waals surface area contributed by atoms with Crippen LogP contribution in [0.4, 0.5) is 4.39 Å².